The Morgan fingerprint density at radius 3 is 2.36 bits per heavy atom. The molecule has 3 nitrogen and oxygen atoms in total. The van der Waals surface area contributed by atoms with E-state index in [4.69, 9.17) is 11.6 Å². The number of rotatable bonds is 6. The van der Waals surface area contributed by atoms with Crippen LogP contribution in [0.25, 0.3) is 16.0 Å². The molecule has 0 aliphatic heterocycles. The second kappa shape index (κ2) is 8.63. The summed E-state index contributed by atoms with van der Waals surface area (Å²) in [4.78, 5) is 15.1. The van der Waals surface area contributed by atoms with Gasteiger partial charge in [-0.1, -0.05) is 59.6 Å². The lowest BCUT2D eigenvalue weighted by molar-refractivity contribution is 0.0703. The minimum Gasteiger partial charge on any atom is -0.477 e. The maximum atomic E-state index is 11.8. The summed E-state index contributed by atoms with van der Waals surface area (Å²) in [5.74, 6) is -0.904. The Morgan fingerprint density at radius 2 is 1.79 bits per heavy atom. The minimum absolute atomic E-state index is 0.352. The number of carboxylic acid groups (broad SMARTS) is 1. The van der Waals surface area contributed by atoms with E-state index < -0.39 is 5.97 Å². The minimum atomic E-state index is -0.904. The molecule has 1 aromatic heterocycles. The van der Waals surface area contributed by atoms with Crippen LogP contribution in [-0.2, 0) is 0 Å². The molecule has 0 unspecified atom stereocenters. The molecule has 0 aliphatic carbocycles. The highest BCUT2D eigenvalue weighted by atomic mass is 35.5. The monoisotopic (exact) mass is 411 g/mol. The van der Waals surface area contributed by atoms with Crippen molar-refractivity contribution in [2.75, 3.05) is 18.5 Å². The maximum Gasteiger partial charge on any atom is 0.348 e. The van der Waals surface area contributed by atoms with Crippen LogP contribution in [0.1, 0.15) is 27.7 Å². The molecule has 0 amide bonds. The fraction of sp³-hybridized carbons (Fsp3) is 0.174. The molecule has 1 N–H and O–H groups in total. The summed E-state index contributed by atoms with van der Waals surface area (Å²) in [5, 5.41) is 10.4. The van der Waals surface area contributed by atoms with Crippen molar-refractivity contribution in [3.05, 3.63) is 81.7 Å². The summed E-state index contributed by atoms with van der Waals surface area (Å²) >= 11 is 7.30. The first-order valence-electron chi connectivity index (χ1n) is 8.95. The molecule has 0 spiro atoms. The van der Waals surface area contributed by atoms with Crippen molar-refractivity contribution < 1.29 is 9.90 Å². The van der Waals surface area contributed by atoms with Crippen molar-refractivity contribution in [2.24, 2.45) is 0 Å². The molecule has 144 valence electrons. The Morgan fingerprint density at radius 1 is 1.14 bits per heavy atom. The summed E-state index contributed by atoms with van der Waals surface area (Å²) < 4.78 is 0. The van der Waals surface area contributed by atoms with Gasteiger partial charge in [-0.25, -0.2) is 4.79 Å². The summed E-state index contributed by atoms with van der Waals surface area (Å²) in [6.45, 7) is 4.62. The second-order valence-electron chi connectivity index (χ2n) is 6.67. The Bertz CT molecular complexity index is 1000. The van der Waals surface area contributed by atoms with Gasteiger partial charge in [-0.3, -0.25) is 0 Å². The molecule has 2 aromatic carbocycles. The summed E-state index contributed by atoms with van der Waals surface area (Å²) in [6.07, 6.45) is 2.05. The van der Waals surface area contributed by atoms with Crippen molar-refractivity contribution in [1.29, 1.82) is 0 Å². The van der Waals surface area contributed by atoms with Crippen LogP contribution >= 0.6 is 22.9 Å². The highest BCUT2D eigenvalue weighted by Gasteiger charge is 2.20. The molecule has 1 heterocycles. The summed E-state index contributed by atoms with van der Waals surface area (Å²) in [7, 11) is 1.92. The average Bonchev–Trinajstić information content (AvgIpc) is 3.13. The van der Waals surface area contributed by atoms with Gasteiger partial charge in [-0.2, -0.15) is 0 Å². The van der Waals surface area contributed by atoms with Crippen molar-refractivity contribution in [3.63, 3.8) is 0 Å². The fourth-order valence-electron chi connectivity index (χ4n) is 3.03. The van der Waals surface area contributed by atoms with Crippen molar-refractivity contribution in [3.8, 4) is 10.4 Å². The number of hydrogen-bond donors (Lipinski definition) is 1. The van der Waals surface area contributed by atoms with E-state index in [0.29, 0.717) is 16.4 Å². The maximum absolute atomic E-state index is 11.8. The highest BCUT2D eigenvalue weighted by Crippen LogP contribution is 2.37. The third-order valence-electron chi connectivity index (χ3n) is 4.63. The molecule has 0 saturated carbocycles. The van der Waals surface area contributed by atoms with Crippen LogP contribution in [0.5, 0.6) is 0 Å². The van der Waals surface area contributed by atoms with Gasteiger partial charge >= 0.3 is 5.97 Å². The number of hydrogen-bond acceptors (Lipinski definition) is 3. The fourth-order valence-corrected chi connectivity index (χ4v) is 4.21. The number of carbonyl (C=O) groups is 1. The molecule has 3 rings (SSSR count). The molecule has 0 saturated heterocycles. The van der Waals surface area contributed by atoms with Gasteiger partial charge in [0.1, 0.15) is 4.88 Å². The Labute approximate surface area is 174 Å². The van der Waals surface area contributed by atoms with Crippen molar-refractivity contribution in [2.45, 2.75) is 13.8 Å². The predicted molar refractivity (Wildman–Crippen MR) is 120 cm³/mol. The van der Waals surface area contributed by atoms with Crippen LogP contribution in [0, 0.1) is 6.92 Å². The molecule has 5 heteroatoms. The normalized spacial score (nSPS) is 11.5. The van der Waals surface area contributed by atoms with E-state index in [1.54, 1.807) is 0 Å². The quantitative estimate of drug-likeness (QED) is 0.495. The van der Waals surface area contributed by atoms with Crippen LogP contribution < -0.4 is 4.90 Å². The van der Waals surface area contributed by atoms with Gasteiger partial charge in [-0.05, 0) is 48.7 Å². The lowest BCUT2D eigenvalue weighted by Crippen LogP contribution is -2.21. The van der Waals surface area contributed by atoms with Crippen LogP contribution in [0.4, 0.5) is 5.69 Å². The molecule has 0 bridgehead atoms. The van der Waals surface area contributed by atoms with E-state index >= 15 is 0 Å². The molecule has 0 radical (unpaired) electrons. The number of benzene rings is 2. The number of halogens is 1. The number of likely N-dealkylation sites (N-methyl/N-ethyl adjacent to an activating group) is 1. The van der Waals surface area contributed by atoms with Gasteiger partial charge in [0.2, 0.25) is 0 Å². The topological polar surface area (TPSA) is 40.5 Å². The number of aromatic carboxylic acids is 1. The molecule has 0 aliphatic rings. The molecular weight excluding hydrogens is 390 g/mol. The molecule has 0 fully saturated rings. The number of aryl methyl sites for hydroxylation is 1. The summed E-state index contributed by atoms with van der Waals surface area (Å²) in [5.41, 5.74) is 5.11. The van der Waals surface area contributed by atoms with Gasteiger partial charge in [0.15, 0.2) is 0 Å². The predicted octanol–water partition coefficient (Wildman–Crippen LogP) is 6.61. The SMILES string of the molecule is CC=C(CN(C)c1cc(-c2ccc(C)cc2)sc1C(=O)O)c1ccc(Cl)cc1. The Kier molecular flexibility index (Phi) is 6.22. The van der Waals surface area contributed by atoms with E-state index in [1.165, 1.54) is 16.9 Å². The van der Waals surface area contributed by atoms with Gasteiger partial charge < -0.3 is 10.0 Å². The highest BCUT2D eigenvalue weighted by molar-refractivity contribution is 7.18. The lowest BCUT2D eigenvalue weighted by Gasteiger charge is -2.21. The zero-order chi connectivity index (χ0) is 20.3. The number of allylic oxidation sites excluding steroid dienone is 1. The first kappa shape index (κ1) is 20.2. The first-order valence-corrected chi connectivity index (χ1v) is 10.1. The van der Waals surface area contributed by atoms with Crippen LogP contribution in [-0.4, -0.2) is 24.7 Å². The Balaban J connectivity index is 1.91. The largest absolute Gasteiger partial charge is 0.477 e. The zero-order valence-corrected chi connectivity index (χ0v) is 17.6. The third kappa shape index (κ3) is 4.46. The van der Waals surface area contributed by atoms with Gasteiger partial charge in [0, 0.05) is 23.5 Å². The second-order valence-corrected chi connectivity index (χ2v) is 8.16. The van der Waals surface area contributed by atoms with Gasteiger partial charge in [-0.15, -0.1) is 11.3 Å². The van der Waals surface area contributed by atoms with E-state index in [0.717, 1.165) is 27.3 Å². The van der Waals surface area contributed by atoms with Crippen molar-refractivity contribution in [1.82, 2.24) is 0 Å². The van der Waals surface area contributed by atoms with Crippen molar-refractivity contribution >= 4 is 40.2 Å². The molecular formula is C23H22ClNO2S. The Hall–Kier alpha value is -2.56. The van der Waals surface area contributed by atoms with Crippen LogP contribution in [0.15, 0.2) is 60.7 Å². The van der Waals surface area contributed by atoms with E-state index in [1.807, 2.05) is 86.5 Å². The third-order valence-corrected chi connectivity index (χ3v) is 6.04. The number of thiophene rings is 1. The standard InChI is InChI=1S/C23H22ClNO2S/c1-4-16(17-9-11-19(24)12-10-17)14-25(3)20-13-21(28-22(20)23(26)27)18-7-5-15(2)6-8-18/h4-13H,14H2,1-3H3,(H,26,27). The molecule has 0 atom stereocenters. The van der Waals surface area contributed by atoms with Gasteiger partial charge in [0.25, 0.3) is 0 Å². The van der Waals surface area contributed by atoms with E-state index in [2.05, 4.69) is 0 Å². The molecule has 3 aromatic rings. The smallest absolute Gasteiger partial charge is 0.348 e. The number of nitrogens with zero attached hydrogens (tertiary/aromatic N) is 1. The summed E-state index contributed by atoms with van der Waals surface area (Å²) in [6, 6.07) is 17.8. The molecule has 28 heavy (non-hydrogen) atoms. The van der Waals surface area contributed by atoms with Crippen LogP contribution in [0.2, 0.25) is 5.02 Å². The average molecular weight is 412 g/mol. The van der Waals surface area contributed by atoms with E-state index in [-0.39, 0.29) is 0 Å². The number of anilines is 1. The lowest BCUT2D eigenvalue weighted by atomic mass is 10.1. The number of carboxylic acids is 1. The van der Waals surface area contributed by atoms with E-state index in [9.17, 15) is 9.90 Å². The van der Waals surface area contributed by atoms with Crippen LogP contribution in [0.3, 0.4) is 0 Å². The first-order chi connectivity index (χ1) is 13.4. The zero-order valence-electron chi connectivity index (χ0n) is 16.1. The van der Waals surface area contributed by atoms with Gasteiger partial charge in [0.05, 0.1) is 5.69 Å².